The molecule has 2 aromatic heterocycles. The first-order chi connectivity index (χ1) is 30.8. The van der Waals surface area contributed by atoms with Crippen molar-refractivity contribution in [3.8, 4) is 0 Å². The summed E-state index contributed by atoms with van der Waals surface area (Å²) in [4.78, 5) is 4.84. The van der Waals surface area contributed by atoms with Gasteiger partial charge in [0, 0.05) is 65.2 Å². The maximum absolute atomic E-state index is 7.20. The van der Waals surface area contributed by atoms with Crippen LogP contribution in [0.1, 0.15) is 0 Å². The van der Waals surface area contributed by atoms with E-state index in [9.17, 15) is 0 Å². The van der Waals surface area contributed by atoms with Crippen LogP contribution < -0.4 is 9.80 Å². The van der Waals surface area contributed by atoms with Crippen LogP contribution in [0.5, 0.6) is 0 Å². The quantitative estimate of drug-likeness (QED) is 0.167. The number of furan rings is 1. The molecule has 290 valence electrons. The fourth-order valence-corrected chi connectivity index (χ4v) is 11.1. The molecular weight excluding hydrogens is 773 g/mol. The van der Waals surface area contributed by atoms with Crippen LogP contribution in [0, 0.1) is 0 Å². The summed E-state index contributed by atoms with van der Waals surface area (Å²) >= 11 is 1.83. The van der Waals surface area contributed by atoms with E-state index in [1.54, 1.807) is 0 Å². The van der Waals surface area contributed by atoms with Crippen LogP contribution >= 0.6 is 11.3 Å². The van der Waals surface area contributed by atoms with Gasteiger partial charge in [0.2, 0.25) is 0 Å². The molecular formula is C58H36N2OS. The number of fused-ring (bicyclic) bond motifs is 13. The van der Waals surface area contributed by atoms with Gasteiger partial charge in [0.15, 0.2) is 5.58 Å². The lowest BCUT2D eigenvalue weighted by molar-refractivity contribution is 0.673. The predicted molar refractivity (Wildman–Crippen MR) is 266 cm³/mol. The van der Waals surface area contributed by atoms with Crippen molar-refractivity contribution in [1.82, 2.24) is 0 Å². The summed E-state index contributed by atoms with van der Waals surface area (Å²) in [6.07, 6.45) is 0. The highest BCUT2D eigenvalue weighted by Gasteiger charge is 2.25. The summed E-state index contributed by atoms with van der Waals surface area (Å²) in [6, 6.07) is 78.9. The normalized spacial score (nSPS) is 11.9. The third-order valence-electron chi connectivity index (χ3n) is 12.6. The molecule has 62 heavy (non-hydrogen) atoms. The van der Waals surface area contributed by atoms with Gasteiger partial charge in [0.05, 0.1) is 27.4 Å². The summed E-state index contributed by atoms with van der Waals surface area (Å²) in [7, 11) is 0. The number of thiophene rings is 1. The zero-order valence-corrected chi connectivity index (χ0v) is 34.3. The topological polar surface area (TPSA) is 19.6 Å². The van der Waals surface area contributed by atoms with Gasteiger partial charge in [-0.15, -0.1) is 11.3 Å². The molecule has 13 rings (SSSR count). The van der Waals surface area contributed by atoms with Crippen LogP contribution in [0.3, 0.4) is 0 Å². The van der Waals surface area contributed by atoms with Crippen molar-refractivity contribution in [3.63, 3.8) is 0 Å². The fourth-order valence-electron chi connectivity index (χ4n) is 9.90. The van der Waals surface area contributed by atoms with Gasteiger partial charge in [-0.05, 0) is 70.1 Å². The second-order valence-corrected chi connectivity index (χ2v) is 17.0. The minimum Gasteiger partial charge on any atom is -0.454 e. The van der Waals surface area contributed by atoms with E-state index in [0.717, 1.165) is 60.8 Å². The number of benzene rings is 11. The van der Waals surface area contributed by atoms with Gasteiger partial charge in [-0.1, -0.05) is 164 Å². The van der Waals surface area contributed by atoms with Crippen molar-refractivity contribution in [3.05, 3.63) is 218 Å². The molecule has 0 unspecified atom stereocenters. The summed E-state index contributed by atoms with van der Waals surface area (Å²) in [5.41, 5.74) is 8.50. The van der Waals surface area contributed by atoms with Crippen LogP contribution in [-0.4, -0.2) is 0 Å². The number of hydrogen-bond acceptors (Lipinski definition) is 4. The standard InChI is InChI=1S/C58H36N2OS/c1-3-21-39(22-4-1)59(49-31-15-19-37-17-7-9-25-41(37)49)51-35-53-55(45-29-13-11-27-43(45)51)47-33-34-48-56-46-30-14-12-28-44(46)52(36-54(56)62-58(48)57(47)61-53)60(40-23-5-2-6-24-40)50-32-16-20-38-18-8-10-26-42(38)50/h1-36H. The number of nitrogens with zero attached hydrogens (tertiary/aromatic N) is 2. The minimum atomic E-state index is 0.872. The third-order valence-corrected chi connectivity index (χ3v) is 13.7. The van der Waals surface area contributed by atoms with E-state index in [0.29, 0.717) is 0 Å². The van der Waals surface area contributed by atoms with Crippen LogP contribution in [0.2, 0.25) is 0 Å². The number of hydrogen-bond donors (Lipinski definition) is 0. The Kier molecular flexibility index (Phi) is 7.78. The van der Waals surface area contributed by atoms with Gasteiger partial charge in [0.25, 0.3) is 0 Å². The van der Waals surface area contributed by atoms with Gasteiger partial charge < -0.3 is 14.2 Å². The Hall–Kier alpha value is -7.92. The maximum atomic E-state index is 7.20. The van der Waals surface area contributed by atoms with Gasteiger partial charge in [-0.3, -0.25) is 0 Å². The largest absolute Gasteiger partial charge is 0.454 e. The molecule has 11 aromatic carbocycles. The molecule has 0 radical (unpaired) electrons. The van der Waals surface area contributed by atoms with Crippen molar-refractivity contribution in [2.75, 3.05) is 9.80 Å². The Morgan fingerprint density at radius 2 is 0.774 bits per heavy atom. The molecule has 0 aliphatic rings. The van der Waals surface area contributed by atoms with Gasteiger partial charge in [-0.25, -0.2) is 0 Å². The first kappa shape index (κ1) is 34.9. The van der Waals surface area contributed by atoms with Crippen LogP contribution in [0.25, 0.3) is 85.2 Å². The molecule has 0 fully saturated rings. The molecule has 0 saturated carbocycles. The van der Waals surface area contributed by atoms with Gasteiger partial charge in [0.1, 0.15) is 5.58 Å². The highest BCUT2D eigenvalue weighted by atomic mass is 32.1. The Morgan fingerprint density at radius 3 is 1.35 bits per heavy atom. The smallest absolute Gasteiger partial charge is 0.153 e. The summed E-state index contributed by atoms with van der Waals surface area (Å²) in [5, 5.41) is 14.3. The van der Waals surface area contributed by atoms with Crippen LogP contribution in [0.4, 0.5) is 34.1 Å². The first-order valence-electron chi connectivity index (χ1n) is 21.1. The third kappa shape index (κ3) is 5.24. The monoisotopic (exact) mass is 808 g/mol. The Morgan fingerprint density at radius 1 is 0.323 bits per heavy atom. The molecule has 0 bridgehead atoms. The molecule has 2 heterocycles. The van der Waals surface area contributed by atoms with E-state index >= 15 is 0 Å². The molecule has 0 atom stereocenters. The molecule has 13 aromatic rings. The van der Waals surface area contributed by atoms with Gasteiger partial charge in [-0.2, -0.15) is 0 Å². The number of rotatable bonds is 6. The first-order valence-corrected chi connectivity index (χ1v) is 21.9. The van der Waals surface area contributed by atoms with Crippen molar-refractivity contribution in [1.29, 1.82) is 0 Å². The van der Waals surface area contributed by atoms with Crippen LogP contribution in [-0.2, 0) is 0 Å². The average molecular weight is 809 g/mol. The molecule has 0 saturated heterocycles. The average Bonchev–Trinajstić information content (AvgIpc) is 3.91. The molecule has 3 nitrogen and oxygen atoms in total. The lowest BCUT2D eigenvalue weighted by Gasteiger charge is -2.28. The van der Waals surface area contributed by atoms with E-state index < -0.39 is 0 Å². The van der Waals surface area contributed by atoms with Gasteiger partial charge >= 0.3 is 0 Å². The highest BCUT2D eigenvalue weighted by Crippen LogP contribution is 2.51. The lowest BCUT2D eigenvalue weighted by Crippen LogP contribution is -2.11. The van der Waals surface area contributed by atoms with Crippen LogP contribution in [0.15, 0.2) is 223 Å². The predicted octanol–water partition coefficient (Wildman–Crippen LogP) is 17.5. The lowest BCUT2D eigenvalue weighted by atomic mass is 9.98. The molecule has 0 spiro atoms. The Balaban J connectivity index is 1.08. The number of para-hydroxylation sites is 2. The van der Waals surface area contributed by atoms with Crippen molar-refractivity contribution in [2.24, 2.45) is 0 Å². The second-order valence-electron chi connectivity index (χ2n) is 16.0. The summed E-state index contributed by atoms with van der Waals surface area (Å²) in [5.74, 6) is 0. The second kappa shape index (κ2) is 13.8. The van der Waals surface area contributed by atoms with E-state index in [1.807, 2.05) is 11.3 Å². The van der Waals surface area contributed by atoms with E-state index in [2.05, 4.69) is 228 Å². The van der Waals surface area contributed by atoms with Crippen molar-refractivity contribution in [2.45, 2.75) is 0 Å². The Bertz CT molecular complexity index is 3620. The molecule has 0 N–H and O–H groups in total. The molecule has 0 amide bonds. The highest BCUT2D eigenvalue weighted by molar-refractivity contribution is 7.26. The molecule has 4 heteroatoms. The zero-order chi connectivity index (χ0) is 40.7. The van der Waals surface area contributed by atoms with E-state index in [4.69, 9.17) is 4.42 Å². The zero-order valence-electron chi connectivity index (χ0n) is 33.5. The Labute approximate surface area is 361 Å². The number of anilines is 6. The maximum Gasteiger partial charge on any atom is 0.153 e. The SMILES string of the molecule is c1ccc(N(c2cccc3ccccc23)c2cc3oc4c(ccc5c4sc4cc(N(c6ccccc6)c6cccc7ccccc67)c6ccccc6c45)c3c3ccccc23)cc1. The van der Waals surface area contributed by atoms with E-state index in [-0.39, 0.29) is 0 Å². The fraction of sp³-hybridized carbons (Fsp3) is 0. The van der Waals surface area contributed by atoms with E-state index in [1.165, 1.54) is 58.6 Å². The molecule has 0 aliphatic heterocycles. The van der Waals surface area contributed by atoms with Crippen molar-refractivity contribution >= 4 is 131 Å². The molecule has 0 aliphatic carbocycles. The van der Waals surface area contributed by atoms with Crippen molar-refractivity contribution < 1.29 is 4.42 Å². The summed E-state index contributed by atoms with van der Waals surface area (Å²) < 4.78 is 9.58. The summed E-state index contributed by atoms with van der Waals surface area (Å²) in [6.45, 7) is 0. The minimum absolute atomic E-state index is 0.872.